The van der Waals surface area contributed by atoms with Gasteiger partial charge in [-0.15, -0.1) is 0 Å². The lowest BCUT2D eigenvalue weighted by Crippen LogP contribution is -2.60. The van der Waals surface area contributed by atoms with Crippen molar-refractivity contribution in [1.82, 2.24) is 0 Å². The van der Waals surface area contributed by atoms with E-state index < -0.39 is 12.2 Å². The monoisotopic (exact) mass is 290 g/mol. The summed E-state index contributed by atoms with van der Waals surface area (Å²) in [6.07, 6.45) is 5.01. The van der Waals surface area contributed by atoms with Gasteiger partial charge in [0.05, 0.1) is 12.2 Å². The number of fused-ring (bicyclic) bond motifs is 3. The lowest BCUT2D eigenvalue weighted by atomic mass is 9.46. The first kappa shape index (κ1) is 15.0. The minimum Gasteiger partial charge on any atom is -0.390 e. The number of ketones is 1. The number of rotatable bonds is 0. The van der Waals surface area contributed by atoms with Gasteiger partial charge >= 0.3 is 0 Å². The third-order valence-corrected chi connectivity index (χ3v) is 6.49. The van der Waals surface area contributed by atoms with Gasteiger partial charge in [0.2, 0.25) is 0 Å². The standard InChI is InChI=1S/C18H26O3/c1-10-5-7-12-11(15(10)20)6-8-14-17(2,3)16(21)13(19)9-18(12,14)4/h5-6,12-14,16,19,21H,7-9H2,1-4H3. The van der Waals surface area contributed by atoms with E-state index in [2.05, 4.69) is 13.0 Å². The second-order valence-corrected chi connectivity index (χ2v) is 8.00. The summed E-state index contributed by atoms with van der Waals surface area (Å²) in [6, 6.07) is 0. The Bertz CT molecular complexity index is 543. The molecule has 116 valence electrons. The van der Waals surface area contributed by atoms with Crippen molar-refractivity contribution in [2.75, 3.05) is 0 Å². The van der Waals surface area contributed by atoms with Crippen LogP contribution in [0.15, 0.2) is 23.3 Å². The molecule has 0 aliphatic heterocycles. The molecule has 3 aliphatic carbocycles. The minimum absolute atomic E-state index is 0.126. The maximum absolute atomic E-state index is 12.4. The van der Waals surface area contributed by atoms with Crippen LogP contribution in [0.4, 0.5) is 0 Å². The zero-order valence-corrected chi connectivity index (χ0v) is 13.4. The molecular formula is C18H26O3. The molecule has 5 atom stereocenters. The van der Waals surface area contributed by atoms with E-state index in [1.165, 1.54) is 0 Å². The zero-order chi connectivity index (χ0) is 15.6. The maximum Gasteiger partial charge on any atom is 0.184 e. The summed E-state index contributed by atoms with van der Waals surface area (Å²) in [7, 11) is 0. The van der Waals surface area contributed by atoms with Gasteiger partial charge in [-0.05, 0) is 60.0 Å². The van der Waals surface area contributed by atoms with Crippen LogP contribution in [0, 0.1) is 22.7 Å². The number of hydrogen-bond acceptors (Lipinski definition) is 3. The summed E-state index contributed by atoms with van der Waals surface area (Å²) in [5, 5.41) is 20.8. The van der Waals surface area contributed by atoms with Crippen LogP contribution in [-0.4, -0.2) is 28.2 Å². The molecule has 1 saturated carbocycles. The Morgan fingerprint density at radius 2 is 1.81 bits per heavy atom. The Kier molecular flexibility index (Phi) is 3.23. The van der Waals surface area contributed by atoms with Crippen LogP contribution >= 0.6 is 0 Å². The lowest BCUT2D eigenvalue weighted by Gasteiger charge is -2.60. The van der Waals surface area contributed by atoms with E-state index in [4.69, 9.17) is 0 Å². The largest absolute Gasteiger partial charge is 0.390 e. The molecule has 3 nitrogen and oxygen atoms in total. The van der Waals surface area contributed by atoms with Gasteiger partial charge in [-0.3, -0.25) is 4.79 Å². The molecule has 1 fully saturated rings. The second-order valence-electron chi connectivity index (χ2n) is 8.00. The number of carbonyl (C=O) groups excluding carboxylic acids is 1. The van der Waals surface area contributed by atoms with E-state index >= 15 is 0 Å². The molecule has 0 aromatic rings. The summed E-state index contributed by atoms with van der Waals surface area (Å²) in [5.74, 6) is 0.634. The molecule has 0 bridgehead atoms. The topological polar surface area (TPSA) is 57.5 Å². The molecule has 0 amide bonds. The van der Waals surface area contributed by atoms with Crippen LogP contribution in [0.25, 0.3) is 0 Å². The smallest absolute Gasteiger partial charge is 0.184 e. The molecule has 0 heterocycles. The van der Waals surface area contributed by atoms with Gasteiger partial charge in [0.25, 0.3) is 0 Å². The molecule has 0 spiro atoms. The van der Waals surface area contributed by atoms with E-state index in [0.717, 1.165) is 24.0 Å². The number of aliphatic hydroxyl groups excluding tert-OH is 2. The number of aliphatic hydroxyl groups is 2. The van der Waals surface area contributed by atoms with E-state index in [1.807, 2.05) is 26.8 Å². The quantitative estimate of drug-likeness (QED) is 0.721. The molecule has 3 aliphatic rings. The molecule has 0 radical (unpaired) electrons. The van der Waals surface area contributed by atoms with E-state index in [-0.39, 0.29) is 28.4 Å². The van der Waals surface area contributed by atoms with Gasteiger partial charge in [-0.1, -0.05) is 32.9 Å². The SMILES string of the molecule is CC1=CCC2C(=CCC3C(C)(C)C(O)C(O)CC23C)C1=O. The van der Waals surface area contributed by atoms with Gasteiger partial charge in [0.1, 0.15) is 0 Å². The van der Waals surface area contributed by atoms with E-state index in [0.29, 0.717) is 6.42 Å². The normalized spacial score (nSPS) is 45.3. The average molecular weight is 290 g/mol. The van der Waals surface area contributed by atoms with Crippen molar-refractivity contribution in [2.24, 2.45) is 22.7 Å². The molecule has 3 heteroatoms. The first-order valence-electron chi connectivity index (χ1n) is 7.97. The van der Waals surface area contributed by atoms with E-state index in [1.54, 1.807) is 0 Å². The fourth-order valence-electron chi connectivity index (χ4n) is 5.22. The highest BCUT2D eigenvalue weighted by Crippen LogP contribution is 2.61. The van der Waals surface area contributed by atoms with Gasteiger partial charge < -0.3 is 10.2 Å². The van der Waals surface area contributed by atoms with Crippen LogP contribution < -0.4 is 0 Å². The fourth-order valence-corrected chi connectivity index (χ4v) is 5.22. The van der Waals surface area contributed by atoms with Crippen LogP contribution in [0.2, 0.25) is 0 Å². The molecule has 0 aromatic carbocycles. The Morgan fingerprint density at radius 3 is 2.48 bits per heavy atom. The Morgan fingerprint density at radius 1 is 1.14 bits per heavy atom. The number of Topliss-reactive ketones (excluding diaryl/α,β-unsaturated/α-hetero) is 1. The Labute approximate surface area is 126 Å². The second kappa shape index (κ2) is 4.53. The number of allylic oxidation sites excluding steroid dienone is 4. The summed E-state index contributed by atoms with van der Waals surface area (Å²) in [4.78, 5) is 12.4. The summed E-state index contributed by atoms with van der Waals surface area (Å²) in [6.45, 7) is 8.19. The molecule has 2 N–H and O–H groups in total. The maximum atomic E-state index is 12.4. The van der Waals surface area contributed by atoms with Gasteiger partial charge in [-0.25, -0.2) is 0 Å². The van der Waals surface area contributed by atoms with Crippen molar-refractivity contribution < 1.29 is 15.0 Å². The van der Waals surface area contributed by atoms with Crippen molar-refractivity contribution >= 4 is 5.78 Å². The van der Waals surface area contributed by atoms with Gasteiger partial charge in [0.15, 0.2) is 5.78 Å². The van der Waals surface area contributed by atoms with Crippen LogP contribution in [0.1, 0.15) is 47.0 Å². The van der Waals surface area contributed by atoms with Crippen molar-refractivity contribution in [3.8, 4) is 0 Å². The lowest BCUT2D eigenvalue weighted by molar-refractivity contribution is -0.174. The minimum atomic E-state index is -0.706. The van der Waals surface area contributed by atoms with Crippen molar-refractivity contribution in [3.63, 3.8) is 0 Å². The van der Waals surface area contributed by atoms with Gasteiger partial charge in [0, 0.05) is 0 Å². The molecule has 0 aromatic heterocycles. The predicted molar refractivity (Wildman–Crippen MR) is 81.6 cm³/mol. The van der Waals surface area contributed by atoms with Crippen LogP contribution in [0.5, 0.6) is 0 Å². The number of carbonyl (C=O) groups is 1. The Balaban J connectivity index is 2.07. The summed E-state index contributed by atoms with van der Waals surface area (Å²) < 4.78 is 0. The first-order chi connectivity index (χ1) is 9.69. The summed E-state index contributed by atoms with van der Waals surface area (Å²) >= 11 is 0. The predicted octanol–water partition coefficient (Wildman–Crippen LogP) is 2.63. The van der Waals surface area contributed by atoms with Crippen molar-refractivity contribution in [2.45, 2.75) is 59.2 Å². The highest BCUT2D eigenvalue weighted by Gasteiger charge is 2.59. The number of hydrogen-bond donors (Lipinski definition) is 2. The molecule has 21 heavy (non-hydrogen) atoms. The molecule has 0 saturated heterocycles. The third kappa shape index (κ3) is 1.90. The molecular weight excluding hydrogens is 264 g/mol. The third-order valence-electron chi connectivity index (χ3n) is 6.49. The Hall–Kier alpha value is -0.930. The van der Waals surface area contributed by atoms with Crippen LogP contribution in [-0.2, 0) is 4.79 Å². The van der Waals surface area contributed by atoms with Crippen molar-refractivity contribution in [1.29, 1.82) is 0 Å². The summed E-state index contributed by atoms with van der Waals surface area (Å²) in [5.41, 5.74) is 1.32. The fraction of sp³-hybridized carbons (Fsp3) is 0.722. The van der Waals surface area contributed by atoms with E-state index in [9.17, 15) is 15.0 Å². The first-order valence-corrected chi connectivity index (χ1v) is 7.97. The van der Waals surface area contributed by atoms with Crippen molar-refractivity contribution in [3.05, 3.63) is 23.3 Å². The van der Waals surface area contributed by atoms with Gasteiger partial charge in [-0.2, -0.15) is 0 Å². The van der Waals surface area contributed by atoms with Crippen LogP contribution in [0.3, 0.4) is 0 Å². The molecule has 3 rings (SSSR count). The highest BCUT2D eigenvalue weighted by atomic mass is 16.3. The highest BCUT2D eigenvalue weighted by molar-refractivity contribution is 6.09. The molecule has 5 unspecified atom stereocenters. The average Bonchev–Trinajstić information content (AvgIpc) is 2.40. The zero-order valence-electron chi connectivity index (χ0n) is 13.4.